The van der Waals surface area contributed by atoms with Crippen LogP contribution < -0.4 is 0 Å². The Balaban J connectivity index is 0. The molecule has 21 valence electrons. The predicted molar refractivity (Wildman–Crippen MR) is 25.8 cm³/mol. The van der Waals surface area contributed by atoms with Gasteiger partial charge >= 0.3 is 52.0 Å². The molecule has 0 unspecified atom stereocenters. The van der Waals surface area contributed by atoms with E-state index in [9.17, 15) is 0 Å². The molecule has 0 N–H and O–H groups in total. The molecule has 0 nitrogen and oxygen atoms in total. The van der Waals surface area contributed by atoms with Crippen LogP contribution in [0.4, 0.5) is 0 Å². The summed E-state index contributed by atoms with van der Waals surface area (Å²) in [5.41, 5.74) is 0. The SMILES string of the molecule is [Na].[PoH][Po]#[PoH]. The summed E-state index contributed by atoms with van der Waals surface area (Å²) in [6.45, 7) is 0. The fourth-order valence-corrected chi connectivity index (χ4v) is 0. The van der Waals surface area contributed by atoms with Crippen molar-refractivity contribution in [2.75, 3.05) is 0 Å². The molecule has 0 aliphatic carbocycles. The Hall–Kier alpha value is 3.69. The van der Waals surface area contributed by atoms with Crippen molar-refractivity contribution in [2.24, 2.45) is 0 Å². The predicted octanol–water partition coefficient (Wildman–Crippen LogP) is -2.06. The molecule has 0 heterocycles. The van der Waals surface area contributed by atoms with E-state index < -0.39 is 0 Å². The molecule has 4 heavy (non-hydrogen) atoms. The Kier molecular flexibility index (Phi) is 26.2. The zero-order chi connectivity index (χ0) is 2.71. The summed E-state index contributed by atoms with van der Waals surface area (Å²) in [7, 11) is 0. The molecule has 0 saturated carbocycles. The average Bonchev–Trinajstić information content (AvgIpc) is 0.918. The van der Waals surface area contributed by atoms with Crippen LogP contribution in [0.25, 0.3) is 0 Å². The van der Waals surface area contributed by atoms with Crippen LogP contribution >= 0.6 is 0 Å². The molecule has 0 saturated heterocycles. The first-order chi connectivity index (χ1) is 1.41. The molecule has 0 aliphatic heterocycles. The molecule has 0 atom stereocenters. The van der Waals surface area contributed by atoms with E-state index in [1.165, 1.54) is 0 Å². The van der Waals surface area contributed by atoms with Gasteiger partial charge in [0.15, 0.2) is 0 Å². The van der Waals surface area contributed by atoms with Gasteiger partial charge in [0.2, 0.25) is 0 Å². The first-order valence-electron chi connectivity index (χ1n) is 0.365. The number of hydrogen-bond donors (Lipinski definition) is 0. The molecule has 4 heteroatoms. The van der Waals surface area contributed by atoms with E-state index in [0.29, 0.717) is 12.7 Å². The second-order valence-corrected chi connectivity index (χ2v) is 55.2. The molecule has 0 aromatic heterocycles. The van der Waals surface area contributed by atoms with Gasteiger partial charge in [-0.1, -0.05) is 0 Å². The Labute approximate surface area is 78.9 Å². The zero-order valence-corrected chi connectivity index (χ0v) is 14.4. The maximum absolute atomic E-state index is 1.74. The van der Waals surface area contributed by atoms with Crippen molar-refractivity contribution in [3.63, 3.8) is 0 Å². The Morgan fingerprint density at radius 2 is 1.50 bits per heavy atom. The summed E-state index contributed by atoms with van der Waals surface area (Å²) in [6, 6.07) is 0. The second kappa shape index (κ2) is 9.85. The summed E-state index contributed by atoms with van der Waals surface area (Å²) in [5.74, 6) is 0. The van der Waals surface area contributed by atoms with Gasteiger partial charge in [-0.25, -0.2) is 0 Å². The molecule has 0 aromatic carbocycles. The van der Waals surface area contributed by atoms with Gasteiger partial charge in [0.1, 0.15) is 0 Å². The molecular formula is H2NaPo3. The minimum absolute atomic E-state index is 0. The third-order valence-corrected chi connectivity index (χ3v) is 0. The minimum atomic E-state index is 0. The standard InChI is InChI=1S/Na.3Po.2H. The van der Waals surface area contributed by atoms with Crippen molar-refractivity contribution in [2.45, 2.75) is 0 Å². The topological polar surface area (TPSA) is 0 Å². The molecular weight excluding hydrogens is 650 g/mol. The van der Waals surface area contributed by atoms with Crippen molar-refractivity contribution < 1.29 is 0 Å². The molecule has 1 radical (unpaired) electrons. The summed E-state index contributed by atoms with van der Waals surface area (Å²) in [4.78, 5) is 0. The van der Waals surface area contributed by atoms with E-state index in [0.717, 1.165) is 0 Å². The fraction of sp³-hybridized carbons (Fsp3) is 0. The maximum atomic E-state index is 1.74. The molecule has 0 rings (SSSR count). The van der Waals surface area contributed by atoms with Crippen LogP contribution in [-0.2, 0) is 0 Å². The van der Waals surface area contributed by atoms with E-state index in [-0.39, 0.29) is 29.6 Å². The van der Waals surface area contributed by atoms with Gasteiger partial charge in [-0.3, -0.25) is 0 Å². The van der Waals surface area contributed by atoms with Gasteiger partial charge in [-0.2, -0.15) is 0 Å². The van der Waals surface area contributed by atoms with Crippen LogP contribution in [0.1, 0.15) is 0 Å². The van der Waals surface area contributed by atoms with Crippen LogP contribution in [0.2, 0.25) is 0 Å². The molecule has 0 fully saturated rings. The van der Waals surface area contributed by atoms with Crippen LogP contribution in [0.5, 0.6) is 0 Å². The second-order valence-electron chi connectivity index (χ2n) is 0.0816. The third kappa shape index (κ3) is 9.19. The molecule has 0 amide bonds. The quantitative estimate of drug-likeness (QED) is 0.265. The zero-order valence-electron chi connectivity index (χ0n) is 2.30. The van der Waals surface area contributed by atoms with E-state index in [1.807, 2.05) is 0 Å². The fourth-order valence-electron chi connectivity index (χ4n) is 0. The Morgan fingerprint density at radius 1 is 1.50 bits per heavy atom. The third-order valence-electron chi connectivity index (χ3n) is 0. The van der Waals surface area contributed by atoms with E-state index in [4.69, 9.17) is 0 Å². The van der Waals surface area contributed by atoms with Gasteiger partial charge in [0, 0.05) is 29.6 Å². The summed E-state index contributed by atoms with van der Waals surface area (Å²) in [5, 5.41) is 0. The van der Waals surface area contributed by atoms with Crippen molar-refractivity contribution in [3.8, 4) is 0 Å². The van der Waals surface area contributed by atoms with Crippen molar-refractivity contribution in [1.29, 1.82) is 0 Å². The van der Waals surface area contributed by atoms with Crippen molar-refractivity contribution in [1.82, 2.24) is 0 Å². The molecule has 0 aliphatic rings. The first kappa shape index (κ1) is 10.6. The molecule has 0 bridgehead atoms. The molecule has 0 aromatic rings. The van der Waals surface area contributed by atoms with Crippen LogP contribution in [-0.4, -0.2) is 81.6 Å². The summed E-state index contributed by atoms with van der Waals surface area (Å²) >= 11 is 3.94. The Bertz CT molecular complexity index is 24.8. The van der Waals surface area contributed by atoms with Gasteiger partial charge < -0.3 is 0 Å². The average molecular weight is 652 g/mol. The van der Waals surface area contributed by atoms with Crippen molar-refractivity contribution >= 4 is 81.6 Å². The van der Waals surface area contributed by atoms with E-state index in [1.54, 1.807) is 39.3 Å². The van der Waals surface area contributed by atoms with E-state index in [2.05, 4.69) is 0 Å². The normalized spacial score (nSPS) is 3.25. The van der Waals surface area contributed by atoms with Crippen LogP contribution in [0, 0.1) is 0 Å². The Morgan fingerprint density at radius 3 is 1.50 bits per heavy atom. The summed E-state index contributed by atoms with van der Waals surface area (Å²) in [6.07, 6.45) is 0. The number of rotatable bonds is 0. The molecule has 0 spiro atoms. The monoisotopic (exact) mass is 652 g/mol. The van der Waals surface area contributed by atoms with Crippen LogP contribution in [0.3, 0.4) is 0 Å². The van der Waals surface area contributed by atoms with Gasteiger partial charge in [-0.15, -0.1) is 0 Å². The first-order valence-corrected chi connectivity index (χ1v) is 28.1. The summed E-state index contributed by atoms with van der Waals surface area (Å²) < 4.78 is 0. The van der Waals surface area contributed by atoms with Crippen LogP contribution in [0.15, 0.2) is 0 Å². The van der Waals surface area contributed by atoms with Gasteiger partial charge in [0.25, 0.3) is 0 Å². The number of hydrogen-bond acceptors (Lipinski definition) is 0. The van der Waals surface area contributed by atoms with Gasteiger partial charge in [-0.05, 0) is 0 Å². The van der Waals surface area contributed by atoms with E-state index >= 15 is 0 Å². The van der Waals surface area contributed by atoms with Crippen molar-refractivity contribution in [3.05, 3.63) is 0 Å². The van der Waals surface area contributed by atoms with Gasteiger partial charge in [0.05, 0.1) is 0 Å².